The van der Waals surface area contributed by atoms with Crippen LogP contribution in [0.1, 0.15) is 17.0 Å². The third-order valence-electron chi connectivity index (χ3n) is 2.80. The third-order valence-corrected chi connectivity index (χ3v) is 3.30. The Balaban J connectivity index is 2.16. The fourth-order valence-corrected chi connectivity index (χ4v) is 2.03. The number of ether oxygens (including phenoxy) is 1. The van der Waals surface area contributed by atoms with Crippen LogP contribution in [0.15, 0.2) is 18.2 Å². The van der Waals surface area contributed by atoms with Gasteiger partial charge in [0, 0.05) is 19.7 Å². The van der Waals surface area contributed by atoms with Crippen LogP contribution in [0.4, 0.5) is 4.39 Å². The molecule has 19 heavy (non-hydrogen) atoms. The van der Waals surface area contributed by atoms with Crippen molar-refractivity contribution in [2.45, 2.75) is 20.1 Å². The highest BCUT2D eigenvalue weighted by molar-refractivity contribution is 6.31. The van der Waals surface area contributed by atoms with E-state index in [4.69, 9.17) is 22.1 Å². The molecule has 0 aliphatic rings. The van der Waals surface area contributed by atoms with E-state index in [-0.39, 0.29) is 19.0 Å². The van der Waals surface area contributed by atoms with Crippen molar-refractivity contribution in [3.8, 4) is 5.75 Å². The van der Waals surface area contributed by atoms with Gasteiger partial charge >= 0.3 is 0 Å². The van der Waals surface area contributed by atoms with Crippen LogP contribution in [-0.2, 0) is 20.2 Å². The molecular weight excluding hydrogens is 269 g/mol. The minimum atomic E-state index is -0.370. The number of aryl methyl sites for hydroxylation is 2. The molecular formula is C13H15ClFN3O. The number of nitrogens with zero attached hydrogens (tertiary/aromatic N) is 2. The van der Waals surface area contributed by atoms with E-state index in [0.29, 0.717) is 16.3 Å². The van der Waals surface area contributed by atoms with Crippen LogP contribution in [0.25, 0.3) is 0 Å². The van der Waals surface area contributed by atoms with E-state index >= 15 is 0 Å². The molecule has 0 aliphatic carbocycles. The van der Waals surface area contributed by atoms with Crippen molar-refractivity contribution in [1.82, 2.24) is 9.78 Å². The van der Waals surface area contributed by atoms with E-state index in [0.717, 1.165) is 11.4 Å². The van der Waals surface area contributed by atoms with Crippen LogP contribution in [0.5, 0.6) is 5.75 Å². The summed E-state index contributed by atoms with van der Waals surface area (Å²) in [5.74, 6) is 0.0561. The second kappa shape index (κ2) is 5.59. The number of hydrogen-bond donors (Lipinski definition) is 1. The smallest absolute Gasteiger partial charge is 0.131 e. The van der Waals surface area contributed by atoms with Crippen LogP contribution in [0.2, 0.25) is 5.02 Å². The molecule has 2 aromatic rings. The maximum Gasteiger partial charge on any atom is 0.131 e. The van der Waals surface area contributed by atoms with E-state index < -0.39 is 0 Å². The summed E-state index contributed by atoms with van der Waals surface area (Å²) >= 11 is 6.11. The number of nitrogens with two attached hydrogens (primary N) is 1. The van der Waals surface area contributed by atoms with Gasteiger partial charge in [-0.1, -0.05) is 11.6 Å². The van der Waals surface area contributed by atoms with Crippen LogP contribution in [-0.4, -0.2) is 9.78 Å². The van der Waals surface area contributed by atoms with Crippen molar-refractivity contribution < 1.29 is 9.13 Å². The molecule has 2 N–H and O–H groups in total. The number of benzene rings is 1. The standard InChI is InChI=1S/C13H15ClFN3O/c1-8-13(14)12(18(2)17-8)7-19-11-4-9(6-16)3-10(15)5-11/h3-5H,6-7,16H2,1-2H3. The van der Waals surface area contributed by atoms with E-state index in [1.165, 1.54) is 12.1 Å². The Labute approximate surface area is 115 Å². The maximum absolute atomic E-state index is 13.3. The molecule has 102 valence electrons. The molecule has 0 saturated carbocycles. The first kappa shape index (κ1) is 13.8. The Morgan fingerprint density at radius 1 is 1.42 bits per heavy atom. The summed E-state index contributed by atoms with van der Waals surface area (Å²) in [5, 5.41) is 4.75. The summed E-state index contributed by atoms with van der Waals surface area (Å²) in [6, 6.07) is 4.41. The normalized spacial score (nSPS) is 10.8. The zero-order valence-corrected chi connectivity index (χ0v) is 11.5. The first-order valence-corrected chi connectivity index (χ1v) is 6.19. The van der Waals surface area contributed by atoms with Gasteiger partial charge in [0.15, 0.2) is 0 Å². The van der Waals surface area contributed by atoms with Gasteiger partial charge in [0.1, 0.15) is 18.2 Å². The van der Waals surface area contributed by atoms with E-state index in [9.17, 15) is 4.39 Å². The fourth-order valence-electron chi connectivity index (χ4n) is 1.81. The molecule has 0 amide bonds. The predicted molar refractivity (Wildman–Crippen MR) is 71.6 cm³/mol. The number of rotatable bonds is 4. The largest absolute Gasteiger partial charge is 0.487 e. The van der Waals surface area contributed by atoms with Gasteiger partial charge in [0.25, 0.3) is 0 Å². The number of halogens is 2. The van der Waals surface area contributed by atoms with Gasteiger partial charge in [0.05, 0.1) is 16.4 Å². The topological polar surface area (TPSA) is 53.1 Å². The van der Waals surface area contributed by atoms with Crippen LogP contribution >= 0.6 is 11.6 Å². The summed E-state index contributed by atoms with van der Waals surface area (Å²) < 4.78 is 20.5. The lowest BCUT2D eigenvalue weighted by Crippen LogP contribution is -2.04. The highest BCUT2D eigenvalue weighted by Gasteiger charge is 2.12. The molecule has 0 saturated heterocycles. The van der Waals surface area contributed by atoms with Crippen molar-refractivity contribution in [2.24, 2.45) is 12.8 Å². The van der Waals surface area contributed by atoms with Gasteiger partial charge in [-0.15, -0.1) is 0 Å². The van der Waals surface area contributed by atoms with Gasteiger partial charge in [-0.25, -0.2) is 4.39 Å². The molecule has 1 aromatic carbocycles. The summed E-state index contributed by atoms with van der Waals surface area (Å²) in [4.78, 5) is 0. The summed E-state index contributed by atoms with van der Waals surface area (Å²) in [6.45, 7) is 2.31. The molecule has 0 fully saturated rings. The lowest BCUT2D eigenvalue weighted by molar-refractivity contribution is 0.293. The van der Waals surface area contributed by atoms with Crippen molar-refractivity contribution in [3.05, 3.63) is 46.0 Å². The van der Waals surface area contributed by atoms with Gasteiger partial charge in [-0.2, -0.15) is 5.10 Å². The van der Waals surface area contributed by atoms with Crippen molar-refractivity contribution >= 4 is 11.6 Å². The molecule has 0 atom stereocenters. The van der Waals surface area contributed by atoms with E-state index in [1.54, 1.807) is 17.8 Å². The minimum absolute atomic E-state index is 0.226. The van der Waals surface area contributed by atoms with Crippen LogP contribution in [0, 0.1) is 12.7 Å². The zero-order chi connectivity index (χ0) is 14.0. The third kappa shape index (κ3) is 3.05. The molecule has 4 nitrogen and oxygen atoms in total. The zero-order valence-electron chi connectivity index (χ0n) is 10.8. The summed E-state index contributed by atoms with van der Waals surface area (Å²) in [7, 11) is 1.79. The second-order valence-electron chi connectivity index (χ2n) is 4.26. The molecule has 0 unspecified atom stereocenters. The van der Waals surface area contributed by atoms with E-state index in [1.807, 2.05) is 6.92 Å². The van der Waals surface area contributed by atoms with Crippen molar-refractivity contribution in [3.63, 3.8) is 0 Å². The Morgan fingerprint density at radius 3 is 2.74 bits per heavy atom. The number of aromatic nitrogens is 2. The number of hydrogen-bond acceptors (Lipinski definition) is 3. The molecule has 2 rings (SSSR count). The van der Waals surface area contributed by atoms with Crippen molar-refractivity contribution in [2.75, 3.05) is 0 Å². The average Bonchev–Trinajstić information content (AvgIpc) is 2.60. The summed E-state index contributed by atoms with van der Waals surface area (Å²) in [6.07, 6.45) is 0. The molecule has 0 bridgehead atoms. The first-order chi connectivity index (χ1) is 9.01. The SMILES string of the molecule is Cc1nn(C)c(COc2cc(F)cc(CN)c2)c1Cl. The quantitative estimate of drug-likeness (QED) is 0.938. The molecule has 0 aliphatic heterocycles. The highest BCUT2D eigenvalue weighted by Crippen LogP contribution is 2.22. The molecule has 0 spiro atoms. The second-order valence-corrected chi connectivity index (χ2v) is 4.64. The average molecular weight is 284 g/mol. The lowest BCUT2D eigenvalue weighted by Gasteiger charge is -2.08. The first-order valence-electron chi connectivity index (χ1n) is 5.81. The lowest BCUT2D eigenvalue weighted by atomic mass is 10.2. The van der Waals surface area contributed by atoms with Gasteiger partial charge in [-0.3, -0.25) is 4.68 Å². The Hall–Kier alpha value is -1.59. The molecule has 0 radical (unpaired) electrons. The monoisotopic (exact) mass is 283 g/mol. The van der Waals surface area contributed by atoms with Crippen LogP contribution < -0.4 is 10.5 Å². The van der Waals surface area contributed by atoms with Gasteiger partial charge in [-0.05, 0) is 24.6 Å². The van der Waals surface area contributed by atoms with Crippen LogP contribution in [0.3, 0.4) is 0 Å². The Bertz CT molecular complexity index is 598. The fraction of sp³-hybridized carbons (Fsp3) is 0.308. The molecule has 1 aromatic heterocycles. The summed E-state index contributed by atoms with van der Waals surface area (Å²) in [5.41, 5.74) is 7.66. The van der Waals surface area contributed by atoms with Crippen molar-refractivity contribution in [1.29, 1.82) is 0 Å². The maximum atomic E-state index is 13.3. The van der Waals surface area contributed by atoms with E-state index in [2.05, 4.69) is 5.10 Å². The Kier molecular flexibility index (Phi) is 4.07. The Morgan fingerprint density at radius 2 is 2.16 bits per heavy atom. The molecule has 1 heterocycles. The predicted octanol–water partition coefficient (Wildman–Crippen LogP) is 2.56. The van der Waals surface area contributed by atoms with Gasteiger partial charge < -0.3 is 10.5 Å². The molecule has 6 heteroatoms. The minimum Gasteiger partial charge on any atom is -0.487 e. The highest BCUT2D eigenvalue weighted by atomic mass is 35.5. The van der Waals surface area contributed by atoms with Gasteiger partial charge in [0.2, 0.25) is 0 Å².